The number of amides is 1. The van der Waals surface area contributed by atoms with E-state index in [1.54, 1.807) is 11.9 Å². The molecule has 0 bridgehead atoms. The second kappa shape index (κ2) is 6.12. The summed E-state index contributed by atoms with van der Waals surface area (Å²) in [4.78, 5) is 20.8. The third-order valence-corrected chi connectivity index (χ3v) is 4.82. The zero-order valence-electron chi connectivity index (χ0n) is 12.4. The Labute approximate surface area is 129 Å². The molecule has 0 N–H and O–H groups in total. The van der Waals surface area contributed by atoms with E-state index >= 15 is 0 Å². The number of rotatable bonds is 2. The lowest BCUT2D eigenvalue weighted by Gasteiger charge is -2.44. The zero-order chi connectivity index (χ0) is 14.9. The van der Waals surface area contributed by atoms with Crippen molar-refractivity contribution in [1.29, 1.82) is 0 Å². The van der Waals surface area contributed by atoms with Gasteiger partial charge in [-0.2, -0.15) is 0 Å². The van der Waals surface area contributed by atoms with Crippen molar-refractivity contribution in [1.82, 2.24) is 9.80 Å². The lowest BCUT2D eigenvalue weighted by molar-refractivity contribution is -0.133. The molecule has 1 unspecified atom stereocenters. The predicted molar refractivity (Wildman–Crippen MR) is 85.6 cm³/mol. The lowest BCUT2D eigenvalue weighted by Crippen LogP contribution is -2.58. The van der Waals surface area contributed by atoms with Gasteiger partial charge < -0.3 is 9.80 Å². The smallest absolute Gasteiger partial charge is 0.249 e. The minimum absolute atomic E-state index is 0.0949. The van der Waals surface area contributed by atoms with Gasteiger partial charge in [-0.1, -0.05) is 25.5 Å². The van der Waals surface area contributed by atoms with E-state index in [0.29, 0.717) is 11.7 Å². The zero-order valence-corrected chi connectivity index (χ0v) is 14.0. The lowest BCUT2D eigenvalue weighted by atomic mass is 10.1. The first-order chi connectivity index (χ1) is 9.47. The van der Waals surface area contributed by atoms with Gasteiger partial charge in [-0.25, -0.2) is 4.99 Å². The third kappa shape index (κ3) is 2.68. The number of carbonyl (C=O) groups excluding carboxylic acids is 1. The van der Waals surface area contributed by atoms with Gasteiger partial charge in [-0.3, -0.25) is 4.79 Å². The van der Waals surface area contributed by atoms with Crippen LogP contribution in [0, 0.1) is 0 Å². The Balaban J connectivity index is 2.42. The molecule has 1 aliphatic heterocycles. The fourth-order valence-electron chi connectivity index (χ4n) is 2.97. The molecular weight excluding hydrogens is 318 g/mol. The number of piperazine rings is 1. The van der Waals surface area contributed by atoms with Crippen LogP contribution >= 0.6 is 15.9 Å². The van der Waals surface area contributed by atoms with Crippen molar-refractivity contribution in [3.8, 4) is 0 Å². The Bertz CT molecular complexity index is 478. The van der Waals surface area contributed by atoms with Gasteiger partial charge in [0.2, 0.25) is 5.91 Å². The average Bonchev–Trinajstić information content (AvgIpc) is 2.96. The molecule has 4 nitrogen and oxygen atoms in total. The Morgan fingerprint density at radius 2 is 2.05 bits per heavy atom. The second-order valence-corrected chi connectivity index (χ2v) is 6.22. The summed E-state index contributed by atoms with van der Waals surface area (Å²) in [6.45, 7) is 7.94. The number of allylic oxidation sites excluding steroid dienone is 1. The van der Waals surface area contributed by atoms with Crippen LogP contribution < -0.4 is 0 Å². The molecule has 1 amide bonds. The highest BCUT2D eigenvalue weighted by atomic mass is 79.9. The molecule has 5 heteroatoms. The van der Waals surface area contributed by atoms with Gasteiger partial charge in [0.05, 0.1) is 5.70 Å². The van der Waals surface area contributed by atoms with Crippen molar-refractivity contribution < 1.29 is 4.79 Å². The van der Waals surface area contributed by atoms with Crippen LogP contribution in [0.1, 0.15) is 39.5 Å². The van der Waals surface area contributed by atoms with Crippen LogP contribution in [0.5, 0.6) is 0 Å². The molecule has 110 valence electrons. The van der Waals surface area contributed by atoms with E-state index in [1.165, 1.54) is 12.8 Å². The molecule has 0 aromatic heterocycles. The number of hydrogen-bond acceptors (Lipinski definition) is 2. The molecule has 0 radical (unpaired) electrons. The minimum atomic E-state index is -0.176. The highest BCUT2D eigenvalue weighted by Gasteiger charge is 2.40. The van der Waals surface area contributed by atoms with Crippen LogP contribution in [0.3, 0.4) is 0 Å². The maximum Gasteiger partial charge on any atom is 0.249 e. The van der Waals surface area contributed by atoms with Gasteiger partial charge in [-0.15, -0.1) is 0 Å². The van der Waals surface area contributed by atoms with Crippen LogP contribution in [-0.4, -0.2) is 40.7 Å². The van der Waals surface area contributed by atoms with Gasteiger partial charge in [0, 0.05) is 13.1 Å². The average molecular weight is 340 g/mol. The number of carbonyl (C=O) groups is 1. The van der Waals surface area contributed by atoms with Crippen molar-refractivity contribution >= 4 is 27.7 Å². The molecule has 1 aliphatic carbocycles. The summed E-state index contributed by atoms with van der Waals surface area (Å²) < 4.78 is 0.770. The quantitative estimate of drug-likeness (QED) is 0.724. The monoisotopic (exact) mass is 339 g/mol. The number of amidine groups is 1. The van der Waals surface area contributed by atoms with Crippen LogP contribution in [0.15, 0.2) is 28.0 Å². The van der Waals surface area contributed by atoms with Gasteiger partial charge in [0.15, 0.2) is 5.84 Å². The van der Waals surface area contributed by atoms with E-state index in [0.717, 1.165) is 23.3 Å². The molecular formula is C15H22BrN3O. The van der Waals surface area contributed by atoms with E-state index in [2.05, 4.69) is 32.4 Å². The number of nitrogens with zero attached hydrogens (tertiary/aromatic N) is 3. The molecule has 2 rings (SSSR count). The van der Waals surface area contributed by atoms with Crippen LogP contribution in [-0.2, 0) is 4.79 Å². The van der Waals surface area contributed by atoms with Crippen molar-refractivity contribution in [2.45, 2.75) is 51.6 Å². The molecule has 20 heavy (non-hydrogen) atoms. The molecule has 1 atom stereocenters. The van der Waals surface area contributed by atoms with E-state index < -0.39 is 0 Å². The first-order valence-corrected chi connectivity index (χ1v) is 7.92. The fourth-order valence-corrected chi connectivity index (χ4v) is 3.14. The molecule has 2 aliphatic rings. The van der Waals surface area contributed by atoms with Crippen molar-refractivity contribution in [3.05, 3.63) is 23.0 Å². The number of halogens is 1. The fraction of sp³-hybridized carbons (Fsp3) is 0.600. The van der Waals surface area contributed by atoms with Crippen LogP contribution in [0.4, 0.5) is 0 Å². The SMILES string of the molecule is C=C1/C(=N\C(Br)=C/C)N(C2CCCC2)C(C)C(=O)N1C. The van der Waals surface area contributed by atoms with Crippen molar-refractivity contribution in [2.75, 3.05) is 7.05 Å². The van der Waals surface area contributed by atoms with E-state index in [9.17, 15) is 4.79 Å². The number of aliphatic imine (C=N–C) groups is 1. The van der Waals surface area contributed by atoms with Crippen LogP contribution in [0.25, 0.3) is 0 Å². The van der Waals surface area contributed by atoms with E-state index in [1.807, 2.05) is 19.9 Å². The Hall–Kier alpha value is -1.10. The number of hydrogen-bond donors (Lipinski definition) is 0. The largest absolute Gasteiger partial charge is 0.340 e. The van der Waals surface area contributed by atoms with E-state index in [-0.39, 0.29) is 11.9 Å². The summed E-state index contributed by atoms with van der Waals surface area (Å²) in [5.41, 5.74) is 0.679. The van der Waals surface area contributed by atoms with E-state index in [4.69, 9.17) is 0 Å². The van der Waals surface area contributed by atoms with Gasteiger partial charge in [0.1, 0.15) is 10.6 Å². The Kier molecular flexibility index (Phi) is 4.68. The summed E-state index contributed by atoms with van der Waals surface area (Å²) >= 11 is 3.43. The first kappa shape index (κ1) is 15.3. The standard InChI is InChI=1S/C15H22BrN3O/c1-5-13(16)17-14-10(2)18(4)15(20)11(3)19(14)12-8-6-7-9-12/h5,11-12H,2,6-9H2,1,3-4H3/b13-5-,17-14+. The topological polar surface area (TPSA) is 35.9 Å². The van der Waals surface area contributed by atoms with Gasteiger partial charge in [0.25, 0.3) is 0 Å². The van der Waals surface area contributed by atoms with Crippen molar-refractivity contribution in [2.24, 2.45) is 4.99 Å². The molecule has 0 aromatic rings. The van der Waals surface area contributed by atoms with Crippen LogP contribution in [0.2, 0.25) is 0 Å². The summed E-state index contributed by atoms with van der Waals surface area (Å²) in [6, 6.07) is 0.222. The molecule has 1 heterocycles. The first-order valence-electron chi connectivity index (χ1n) is 7.13. The number of likely N-dealkylation sites (N-methyl/N-ethyl adjacent to an activating group) is 1. The van der Waals surface area contributed by atoms with Gasteiger partial charge >= 0.3 is 0 Å². The summed E-state index contributed by atoms with van der Waals surface area (Å²) in [5, 5.41) is 0. The molecule has 0 spiro atoms. The molecule has 2 fully saturated rings. The maximum atomic E-state index is 12.3. The van der Waals surface area contributed by atoms with Gasteiger partial charge in [-0.05, 0) is 42.6 Å². The molecule has 0 aromatic carbocycles. The third-order valence-electron chi connectivity index (χ3n) is 4.18. The molecule has 1 saturated carbocycles. The summed E-state index contributed by atoms with van der Waals surface area (Å²) in [6.07, 6.45) is 6.60. The Morgan fingerprint density at radius 3 is 2.60 bits per heavy atom. The predicted octanol–water partition coefficient (Wildman–Crippen LogP) is 3.26. The summed E-state index contributed by atoms with van der Waals surface area (Å²) in [5.74, 6) is 0.911. The molecule has 1 saturated heterocycles. The minimum Gasteiger partial charge on any atom is -0.340 e. The Morgan fingerprint density at radius 1 is 1.45 bits per heavy atom. The highest BCUT2D eigenvalue weighted by Crippen LogP contribution is 2.31. The second-order valence-electron chi connectivity index (χ2n) is 5.41. The summed E-state index contributed by atoms with van der Waals surface area (Å²) in [7, 11) is 1.77. The maximum absolute atomic E-state index is 12.3. The van der Waals surface area contributed by atoms with Crippen molar-refractivity contribution in [3.63, 3.8) is 0 Å². The normalized spacial score (nSPS) is 27.9. The highest BCUT2D eigenvalue weighted by molar-refractivity contribution is 9.11.